The summed E-state index contributed by atoms with van der Waals surface area (Å²) < 4.78 is 20.8. The SMILES string of the molecule is NC(=O)N(CP(=O)(O)O)CP(=O)(O)O. The molecule has 0 aromatic carbocycles. The summed E-state index contributed by atoms with van der Waals surface area (Å²) in [4.78, 5) is 44.5. The van der Waals surface area contributed by atoms with Crippen LogP contribution in [0.3, 0.4) is 0 Å². The van der Waals surface area contributed by atoms with Crippen molar-refractivity contribution < 1.29 is 33.5 Å². The Morgan fingerprint density at radius 1 is 1.07 bits per heavy atom. The van der Waals surface area contributed by atoms with Crippen molar-refractivity contribution in [3.8, 4) is 0 Å². The lowest BCUT2D eigenvalue weighted by atomic mass is 10.9. The van der Waals surface area contributed by atoms with Gasteiger partial charge in [-0.25, -0.2) is 4.79 Å². The van der Waals surface area contributed by atoms with Crippen LogP contribution in [-0.4, -0.2) is 43.1 Å². The minimum Gasteiger partial charge on any atom is -0.351 e. The number of amides is 2. The van der Waals surface area contributed by atoms with E-state index in [1.807, 2.05) is 0 Å². The van der Waals surface area contributed by atoms with Crippen LogP contribution in [0.5, 0.6) is 0 Å². The van der Waals surface area contributed by atoms with E-state index in [9.17, 15) is 13.9 Å². The molecule has 0 aromatic rings. The van der Waals surface area contributed by atoms with E-state index in [1.165, 1.54) is 0 Å². The largest absolute Gasteiger partial charge is 0.351 e. The molecule has 2 amide bonds. The van der Waals surface area contributed by atoms with Gasteiger partial charge in [0.25, 0.3) is 0 Å². The van der Waals surface area contributed by atoms with Crippen LogP contribution in [0.15, 0.2) is 0 Å². The number of rotatable bonds is 4. The highest BCUT2D eigenvalue weighted by Gasteiger charge is 2.27. The molecule has 0 spiro atoms. The molecular formula is C3H10N2O7P2. The molecule has 0 fully saturated rings. The van der Waals surface area contributed by atoms with Crippen molar-refractivity contribution in [2.24, 2.45) is 5.73 Å². The van der Waals surface area contributed by atoms with Gasteiger partial charge in [0.05, 0.1) is 0 Å². The first-order valence-corrected chi connectivity index (χ1v) is 6.74. The van der Waals surface area contributed by atoms with Crippen LogP contribution in [0.1, 0.15) is 0 Å². The lowest BCUT2D eigenvalue weighted by Gasteiger charge is -2.20. The quantitative estimate of drug-likeness (QED) is 0.383. The number of hydrogen-bond donors (Lipinski definition) is 5. The molecule has 9 nitrogen and oxygen atoms in total. The van der Waals surface area contributed by atoms with Gasteiger partial charge in [-0.3, -0.25) is 9.13 Å². The van der Waals surface area contributed by atoms with Gasteiger partial charge < -0.3 is 30.2 Å². The molecule has 0 saturated carbocycles. The van der Waals surface area contributed by atoms with Crippen LogP contribution in [0.2, 0.25) is 0 Å². The molecule has 0 saturated heterocycles. The van der Waals surface area contributed by atoms with Crippen LogP contribution < -0.4 is 5.73 Å². The first kappa shape index (κ1) is 13.6. The highest BCUT2D eigenvalue weighted by molar-refractivity contribution is 7.52. The fraction of sp³-hybridized carbons (Fsp3) is 0.667. The minimum absolute atomic E-state index is 0.196. The molecule has 0 atom stereocenters. The number of hydrogen-bond acceptors (Lipinski definition) is 3. The van der Waals surface area contributed by atoms with Crippen molar-refractivity contribution in [2.75, 3.05) is 12.6 Å². The lowest BCUT2D eigenvalue weighted by Crippen LogP contribution is -2.37. The fourth-order valence-corrected chi connectivity index (χ4v) is 2.15. The lowest BCUT2D eigenvalue weighted by molar-refractivity contribution is 0.213. The van der Waals surface area contributed by atoms with E-state index in [1.54, 1.807) is 0 Å². The third kappa shape index (κ3) is 7.02. The van der Waals surface area contributed by atoms with Crippen molar-refractivity contribution in [2.45, 2.75) is 0 Å². The Labute approximate surface area is 78.8 Å². The van der Waals surface area contributed by atoms with Gasteiger partial charge in [-0.15, -0.1) is 0 Å². The summed E-state index contributed by atoms with van der Waals surface area (Å²) in [5.41, 5.74) is 4.65. The van der Waals surface area contributed by atoms with E-state index in [4.69, 9.17) is 19.6 Å². The normalized spacial score (nSPS) is 12.6. The van der Waals surface area contributed by atoms with Crippen molar-refractivity contribution in [3.05, 3.63) is 0 Å². The van der Waals surface area contributed by atoms with Crippen LogP contribution in [0.4, 0.5) is 4.79 Å². The molecule has 0 radical (unpaired) electrons. The smallest absolute Gasteiger partial charge is 0.344 e. The van der Waals surface area contributed by atoms with Crippen LogP contribution in [0.25, 0.3) is 0 Å². The van der Waals surface area contributed by atoms with Gasteiger partial charge >= 0.3 is 21.2 Å². The molecule has 84 valence electrons. The first-order chi connectivity index (χ1) is 6.01. The monoisotopic (exact) mass is 248 g/mol. The minimum atomic E-state index is -4.58. The molecule has 0 rings (SSSR count). The van der Waals surface area contributed by atoms with Crippen LogP contribution in [0, 0.1) is 0 Å². The Balaban J connectivity index is 4.56. The molecule has 14 heavy (non-hydrogen) atoms. The first-order valence-electron chi connectivity index (χ1n) is 3.15. The predicted molar refractivity (Wildman–Crippen MR) is 45.2 cm³/mol. The molecule has 0 unspecified atom stereocenters. The van der Waals surface area contributed by atoms with Crippen molar-refractivity contribution in [1.82, 2.24) is 4.90 Å². The Bertz CT molecular complexity index is 280. The zero-order valence-corrected chi connectivity index (χ0v) is 8.64. The molecule has 0 aliphatic heterocycles. The summed E-state index contributed by atoms with van der Waals surface area (Å²) in [6.07, 6.45) is -2.24. The number of nitrogens with two attached hydrogens (primary N) is 1. The molecule has 0 heterocycles. The zero-order valence-electron chi connectivity index (χ0n) is 6.85. The van der Waals surface area contributed by atoms with Gasteiger partial charge in [0, 0.05) is 0 Å². The summed E-state index contributed by atoms with van der Waals surface area (Å²) in [5, 5.41) is 0. The maximum absolute atomic E-state index is 10.5. The molecule has 0 aliphatic rings. The highest BCUT2D eigenvalue weighted by atomic mass is 31.2. The maximum Gasteiger partial charge on any atom is 0.344 e. The maximum atomic E-state index is 10.5. The van der Waals surface area contributed by atoms with Gasteiger partial charge in [0.1, 0.15) is 12.6 Å². The highest BCUT2D eigenvalue weighted by Crippen LogP contribution is 2.40. The van der Waals surface area contributed by atoms with E-state index in [0.717, 1.165) is 0 Å². The summed E-state index contributed by atoms with van der Waals surface area (Å²) in [6.45, 7) is 0. The van der Waals surface area contributed by atoms with E-state index in [0.29, 0.717) is 0 Å². The molecular weight excluding hydrogens is 238 g/mol. The topological polar surface area (TPSA) is 161 Å². The van der Waals surface area contributed by atoms with Crippen molar-refractivity contribution in [1.29, 1.82) is 0 Å². The molecule has 11 heteroatoms. The van der Waals surface area contributed by atoms with Gasteiger partial charge in [-0.2, -0.15) is 0 Å². The summed E-state index contributed by atoms with van der Waals surface area (Å²) in [7, 11) is -9.16. The number of carbonyl (C=O) groups is 1. The number of carbonyl (C=O) groups excluding carboxylic acids is 1. The Morgan fingerprint density at radius 3 is 1.50 bits per heavy atom. The summed E-state index contributed by atoms with van der Waals surface area (Å²) in [5.74, 6) is 0. The molecule has 0 aliphatic carbocycles. The Hall–Kier alpha value is -0.430. The second-order valence-corrected chi connectivity index (χ2v) is 5.71. The van der Waals surface area contributed by atoms with Crippen LogP contribution >= 0.6 is 15.2 Å². The second kappa shape index (κ2) is 4.39. The van der Waals surface area contributed by atoms with Gasteiger partial charge in [0.15, 0.2) is 0 Å². The fourth-order valence-electron chi connectivity index (χ4n) is 0.629. The average Bonchev–Trinajstić information content (AvgIpc) is 1.78. The summed E-state index contributed by atoms with van der Waals surface area (Å²) >= 11 is 0. The Morgan fingerprint density at radius 2 is 1.36 bits per heavy atom. The Kier molecular flexibility index (Phi) is 4.26. The summed E-state index contributed by atoms with van der Waals surface area (Å²) in [6, 6.07) is -1.31. The molecule has 6 N–H and O–H groups in total. The van der Waals surface area contributed by atoms with Gasteiger partial charge in [0.2, 0.25) is 0 Å². The van der Waals surface area contributed by atoms with Crippen molar-refractivity contribution >= 4 is 21.2 Å². The van der Waals surface area contributed by atoms with E-state index >= 15 is 0 Å². The zero-order chi connectivity index (χ0) is 11.6. The van der Waals surface area contributed by atoms with E-state index in [2.05, 4.69) is 5.73 Å². The van der Waals surface area contributed by atoms with E-state index in [-0.39, 0.29) is 4.90 Å². The van der Waals surface area contributed by atoms with Crippen molar-refractivity contribution in [3.63, 3.8) is 0 Å². The number of primary amides is 1. The second-order valence-electron chi connectivity index (χ2n) is 2.49. The van der Waals surface area contributed by atoms with Gasteiger partial charge in [-0.1, -0.05) is 0 Å². The molecule has 0 aromatic heterocycles. The van der Waals surface area contributed by atoms with Gasteiger partial charge in [-0.05, 0) is 0 Å². The number of nitrogens with zero attached hydrogens (tertiary/aromatic N) is 1. The third-order valence-corrected chi connectivity index (χ3v) is 2.44. The third-order valence-electron chi connectivity index (χ3n) is 1.02. The van der Waals surface area contributed by atoms with E-state index < -0.39 is 33.8 Å². The number of urea groups is 1. The molecule has 0 bridgehead atoms. The standard InChI is InChI=1S/C3H10N2O7P2/c4-3(6)5(1-13(7,8)9)2-14(10,11)12/h1-2H2,(H2,4,6)(H2,7,8,9)(H2,10,11,12). The van der Waals surface area contributed by atoms with Crippen LogP contribution in [-0.2, 0) is 9.13 Å². The average molecular weight is 248 g/mol. The predicted octanol–water partition coefficient (Wildman–Crippen LogP) is -1.36.